The number of pyridine rings is 2. The molecule has 0 unspecified atom stereocenters. The number of unbranched alkanes of at least 4 members (excludes halogenated alkanes) is 10. The van der Waals surface area contributed by atoms with E-state index in [-0.39, 0.29) is 0 Å². The Bertz CT molecular complexity index is 1470. The minimum absolute atomic E-state index is 1.05. The standard InChI is InChI=1S/C43H62N2/c1-6-11-16-24-34-32-41-42(36(26-18-13-8-3)35(34)25-17-12-7-2)37(27-19-14-9-4)38(28-20-15-10-5)43(45-41)40-31-30-33-23-21-22-29-39(33)44-40/h21-23,29-32H,6-20,24-28H2,1-5H3. The predicted octanol–water partition coefficient (Wildman–Crippen LogP) is 13.1. The minimum atomic E-state index is 1.05. The van der Waals surface area contributed by atoms with Crippen molar-refractivity contribution in [3.05, 3.63) is 70.3 Å². The van der Waals surface area contributed by atoms with Crippen LogP contribution in [0.5, 0.6) is 0 Å². The van der Waals surface area contributed by atoms with E-state index in [9.17, 15) is 0 Å². The molecule has 2 aromatic heterocycles. The van der Waals surface area contributed by atoms with Gasteiger partial charge in [-0.3, -0.25) is 0 Å². The van der Waals surface area contributed by atoms with Crippen LogP contribution in [-0.4, -0.2) is 9.97 Å². The van der Waals surface area contributed by atoms with Crippen LogP contribution in [0.15, 0.2) is 42.5 Å². The van der Waals surface area contributed by atoms with Gasteiger partial charge in [0.1, 0.15) is 0 Å². The largest absolute Gasteiger partial charge is 0.246 e. The summed E-state index contributed by atoms with van der Waals surface area (Å²) in [6, 6.07) is 15.6. The molecule has 0 aliphatic rings. The van der Waals surface area contributed by atoms with Crippen molar-refractivity contribution in [3.63, 3.8) is 0 Å². The summed E-state index contributed by atoms with van der Waals surface area (Å²) in [5.74, 6) is 0. The second-order valence-electron chi connectivity index (χ2n) is 13.5. The first-order chi connectivity index (χ1) is 22.2. The molecule has 4 rings (SSSR count). The summed E-state index contributed by atoms with van der Waals surface area (Å²) in [4.78, 5) is 10.9. The minimum Gasteiger partial charge on any atom is -0.246 e. The van der Waals surface area contributed by atoms with Crippen molar-refractivity contribution in [2.75, 3.05) is 0 Å². The Labute approximate surface area is 275 Å². The van der Waals surface area contributed by atoms with E-state index in [4.69, 9.17) is 9.97 Å². The Morgan fingerprint density at radius 3 is 1.56 bits per heavy atom. The number of hydrogen-bond donors (Lipinski definition) is 0. The van der Waals surface area contributed by atoms with Crippen molar-refractivity contribution < 1.29 is 0 Å². The SMILES string of the molecule is CCCCCc1cc2nc(-c3ccc4ccccc4n3)c(CCCCC)c(CCCCC)c2c(CCCCC)c1CCCCC. The van der Waals surface area contributed by atoms with E-state index in [1.54, 1.807) is 22.3 Å². The summed E-state index contributed by atoms with van der Waals surface area (Å²) < 4.78 is 0. The van der Waals surface area contributed by atoms with Crippen LogP contribution in [-0.2, 0) is 32.1 Å². The van der Waals surface area contributed by atoms with Crippen molar-refractivity contribution in [2.45, 2.75) is 163 Å². The lowest BCUT2D eigenvalue weighted by Crippen LogP contribution is -2.10. The third kappa shape index (κ3) is 9.40. The number of para-hydroxylation sites is 1. The molecule has 0 spiro atoms. The van der Waals surface area contributed by atoms with E-state index in [2.05, 4.69) is 77.1 Å². The maximum Gasteiger partial charge on any atom is 0.0928 e. The average molecular weight is 607 g/mol. The molecule has 4 aromatic rings. The fourth-order valence-corrected chi connectivity index (χ4v) is 7.27. The van der Waals surface area contributed by atoms with Crippen LogP contribution in [0.25, 0.3) is 33.2 Å². The zero-order valence-corrected chi connectivity index (χ0v) is 29.6. The lowest BCUT2D eigenvalue weighted by Gasteiger charge is -2.24. The van der Waals surface area contributed by atoms with Gasteiger partial charge in [0.15, 0.2) is 0 Å². The molecular formula is C43H62N2. The second-order valence-corrected chi connectivity index (χ2v) is 13.5. The van der Waals surface area contributed by atoms with E-state index in [1.165, 1.54) is 137 Å². The molecule has 2 aromatic carbocycles. The molecule has 2 heterocycles. The third-order valence-corrected chi connectivity index (χ3v) is 9.82. The lowest BCUT2D eigenvalue weighted by molar-refractivity contribution is 0.678. The second kappa shape index (κ2) is 19.0. The summed E-state index contributed by atoms with van der Waals surface area (Å²) in [5, 5.41) is 2.73. The first kappa shape index (κ1) is 35.1. The zero-order chi connectivity index (χ0) is 31.9. The third-order valence-electron chi connectivity index (χ3n) is 9.82. The molecule has 244 valence electrons. The molecule has 0 fully saturated rings. The first-order valence-corrected chi connectivity index (χ1v) is 19.0. The fraction of sp³-hybridized carbons (Fsp3) is 0.581. The normalized spacial score (nSPS) is 11.7. The van der Waals surface area contributed by atoms with Gasteiger partial charge in [-0.05, 0) is 110 Å². The molecule has 0 N–H and O–H groups in total. The van der Waals surface area contributed by atoms with E-state index < -0.39 is 0 Å². The Balaban J connectivity index is 2.04. The van der Waals surface area contributed by atoms with Crippen molar-refractivity contribution in [2.24, 2.45) is 0 Å². The van der Waals surface area contributed by atoms with Crippen molar-refractivity contribution >= 4 is 21.8 Å². The van der Waals surface area contributed by atoms with Crippen molar-refractivity contribution in [3.8, 4) is 11.4 Å². The number of nitrogens with zero attached hydrogens (tertiary/aromatic N) is 2. The van der Waals surface area contributed by atoms with E-state index in [0.29, 0.717) is 0 Å². The van der Waals surface area contributed by atoms with E-state index >= 15 is 0 Å². The molecule has 45 heavy (non-hydrogen) atoms. The topological polar surface area (TPSA) is 25.8 Å². The molecule has 0 amide bonds. The quantitative estimate of drug-likeness (QED) is 0.0882. The molecule has 0 bridgehead atoms. The zero-order valence-electron chi connectivity index (χ0n) is 29.6. The van der Waals surface area contributed by atoms with Gasteiger partial charge in [-0.2, -0.15) is 0 Å². The maximum atomic E-state index is 5.67. The number of benzene rings is 2. The Morgan fingerprint density at radius 2 is 0.956 bits per heavy atom. The van der Waals surface area contributed by atoms with Crippen LogP contribution in [0.3, 0.4) is 0 Å². The number of aryl methyl sites for hydroxylation is 3. The van der Waals surface area contributed by atoms with Crippen LogP contribution in [0.4, 0.5) is 0 Å². The van der Waals surface area contributed by atoms with Crippen LogP contribution < -0.4 is 0 Å². The number of hydrogen-bond acceptors (Lipinski definition) is 2. The number of fused-ring (bicyclic) bond motifs is 2. The smallest absolute Gasteiger partial charge is 0.0928 e. The van der Waals surface area contributed by atoms with E-state index in [1.807, 2.05) is 0 Å². The molecule has 0 saturated heterocycles. The Kier molecular flexibility index (Phi) is 14.9. The molecule has 0 aliphatic heterocycles. The van der Waals surface area contributed by atoms with Gasteiger partial charge in [0.05, 0.1) is 22.4 Å². The average Bonchev–Trinajstić information content (AvgIpc) is 3.06. The van der Waals surface area contributed by atoms with Crippen LogP contribution >= 0.6 is 0 Å². The fourth-order valence-electron chi connectivity index (χ4n) is 7.27. The van der Waals surface area contributed by atoms with Crippen LogP contribution in [0, 0.1) is 0 Å². The molecule has 2 nitrogen and oxygen atoms in total. The molecular weight excluding hydrogens is 544 g/mol. The van der Waals surface area contributed by atoms with E-state index in [0.717, 1.165) is 29.7 Å². The molecule has 2 heteroatoms. The number of aromatic nitrogens is 2. The van der Waals surface area contributed by atoms with Gasteiger partial charge in [0.25, 0.3) is 0 Å². The first-order valence-electron chi connectivity index (χ1n) is 19.0. The van der Waals surface area contributed by atoms with Gasteiger partial charge in [-0.1, -0.05) is 123 Å². The Hall–Kier alpha value is -2.74. The van der Waals surface area contributed by atoms with Gasteiger partial charge in [0.2, 0.25) is 0 Å². The maximum absolute atomic E-state index is 5.67. The van der Waals surface area contributed by atoms with Gasteiger partial charge in [-0.15, -0.1) is 0 Å². The number of rotatable bonds is 21. The van der Waals surface area contributed by atoms with Gasteiger partial charge in [-0.25, -0.2) is 9.97 Å². The highest BCUT2D eigenvalue weighted by Gasteiger charge is 2.23. The van der Waals surface area contributed by atoms with Gasteiger partial charge in [0, 0.05) is 10.8 Å². The Morgan fingerprint density at radius 1 is 0.444 bits per heavy atom. The molecule has 0 saturated carbocycles. The monoisotopic (exact) mass is 606 g/mol. The molecule has 0 atom stereocenters. The highest BCUT2D eigenvalue weighted by molar-refractivity contribution is 5.92. The van der Waals surface area contributed by atoms with Crippen molar-refractivity contribution in [1.29, 1.82) is 0 Å². The van der Waals surface area contributed by atoms with Gasteiger partial charge >= 0.3 is 0 Å². The summed E-state index contributed by atoms with van der Waals surface area (Å²) in [5.41, 5.74) is 12.5. The van der Waals surface area contributed by atoms with Gasteiger partial charge < -0.3 is 0 Å². The molecule has 0 aliphatic carbocycles. The van der Waals surface area contributed by atoms with Crippen LogP contribution in [0.2, 0.25) is 0 Å². The summed E-state index contributed by atoms with van der Waals surface area (Å²) in [6.45, 7) is 11.7. The summed E-state index contributed by atoms with van der Waals surface area (Å²) in [7, 11) is 0. The summed E-state index contributed by atoms with van der Waals surface area (Å²) in [6.07, 6.45) is 24.9. The predicted molar refractivity (Wildman–Crippen MR) is 199 cm³/mol. The highest BCUT2D eigenvalue weighted by Crippen LogP contribution is 2.38. The lowest BCUT2D eigenvalue weighted by atomic mass is 9.83. The highest BCUT2D eigenvalue weighted by atomic mass is 14.8. The van der Waals surface area contributed by atoms with Crippen molar-refractivity contribution in [1.82, 2.24) is 9.97 Å². The van der Waals surface area contributed by atoms with Crippen LogP contribution in [0.1, 0.15) is 159 Å². The summed E-state index contributed by atoms with van der Waals surface area (Å²) >= 11 is 0. The molecule has 0 radical (unpaired) electrons.